The Kier molecular flexibility index (Phi) is 4.35. The Morgan fingerprint density at radius 1 is 1.29 bits per heavy atom. The number of hydrogen-bond donors (Lipinski definition) is 1. The molecule has 124 valence electrons. The fourth-order valence-corrected chi connectivity index (χ4v) is 2.43. The van der Waals surface area contributed by atoms with Gasteiger partial charge in [0.2, 0.25) is 0 Å². The average Bonchev–Trinajstić information content (AvgIpc) is 3.00. The van der Waals surface area contributed by atoms with Crippen LogP contribution in [0.2, 0.25) is 5.02 Å². The summed E-state index contributed by atoms with van der Waals surface area (Å²) >= 11 is 5.96. The van der Waals surface area contributed by atoms with Crippen LogP contribution in [0.3, 0.4) is 0 Å². The van der Waals surface area contributed by atoms with E-state index in [1.165, 1.54) is 17.0 Å². The maximum atomic E-state index is 13.4. The highest BCUT2D eigenvalue weighted by atomic mass is 35.5. The van der Waals surface area contributed by atoms with Crippen molar-refractivity contribution < 1.29 is 13.8 Å². The lowest BCUT2D eigenvalue weighted by Gasteiger charge is -2.19. The van der Waals surface area contributed by atoms with Crippen molar-refractivity contribution in [3.8, 4) is 0 Å². The Labute approximate surface area is 142 Å². The topological polar surface area (TPSA) is 71.3 Å². The third kappa shape index (κ3) is 3.30. The van der Waals surface area contributed by atoms with Gasteiger partial charge in [-0.25, -0.2) is 13.8 Å². The van der Waals surface area contributed by atoms with Gasteiger partial charge in [-0.15, -0.1) is 0 Å². The van der Waals surface area contributed by atoms with Crippen molar-refractivity contribution in [1.29, 1.82) is 0 Å². The highest BCUT2D eigenvalue weighted by molar-refractivity contribution is 6.33. The number of aromatic nitrogens is 2. The highest BCUT2D eigenvalue weighted by Gasteiger charge is 2.13. The lowest BCUT2D eigenvalue weighted by molar-refractivity contribution is 0.220. The molecule has 0 spiro atoms. The van der Waals surface area contributed by atoms with Gasteiger partial charge in [-0.1, -0.05) is 17.7 Å². The Balaban J connectivity index is 1.71. The van der Waals surface area contributed by atoms with E-state index in [9.17, 15) is 9.18 Å². The standard InChI is InChI=1S/C16H14ClFN4O2/c1-9-5-14(11(17)7-12(9)18)19-16(23)22(2)8-10-3-4-13-15(6-10)21-24-20-13/h3-7H,8H2,1-2H3,(H,19,23). The van der Waals surface area contributed by atoms with E-state index >= 15 is 0 Å². The van der Waals surface area contributed by atoms with Gasteiger partial charge >= 0.3 is 6.03 Å². The summed E-state index contributed by atoms with van der Waals surface area (Å²) in [7, 11) is 1.64. The monoisotopic (exact) mass is 348 g/mol. The van der Waals surface area contributed by atoms with Gasteiger partial charge in [-0.2, -0.15) is 0 Å². The Morgan fingerprint density at radius 2 is 2.04 bits per heavy atom. The molecule has 3 rings (SSSR count). The van der Waals surface area contributed by atoms with Gasteiger partial charge in [-0.05, 0) is 52.6 Å². The van der Waals surface area contributed by atoms with Crippen LogP contribution in [-0.4, -0.2) is 28.3 Å². The number of halogens is 2. The summed E-state index contributed by atoms with van der Waals surface area (Å²) in [4.78, 5) is 13.8. The first-order valence-electron chi connectivity index (χ1n) is 7.13. The third-order valence-corrected chi connectivity index (χ3v) is 3.89. The van der Waals surface area contributed by atoms with Crippen molar-refractivity contribution in [3.63, 3.8) is 0 Å². The lowest BCUT2D eigenvalue weighted by atomic mass is 10.2. The molecule has 1 aromatic heterocycles. The predicted octanol–water partition coefficient (Wildman–Crippen LogP) is 3.99. The van der Waals surface area contributed by atoms with Crippen molar-refractivity contribution in [1.82, 2.24) is 15.2 Å². The Hall–Kier alpha value is -2.67. The first kappa shape index (κ1) is 16.2. The summed E-state index contributed by atoms with van der Waals surface area (Å²) in [5.41, 5.74) is 2.92. The minimum atomic E-state index is -0.416. The van der Waals surface area contributed by atoms with Gasteiger partial charge < -0.3 is 10.2 Å². The molecule has 8 heteroatoms. The van der Waals surface area contributed by atoms with Gasteiger partial charge in [0.1, 0.15) is 16.9 Å². The van der Waals surface area contributed by atoms with Crippen LogP contribution in [-0.2, 0) is 6.54 Å². The number of anilines is 1. The number of nitrogens with zero attached hydrogens (tertiary/aromatic N) is 3. The molecule has 0 saturated carbocycles. The van der Waals surface area contributed by atoms with Gasteiger partial charge in [0.15, 0.2) is 0 Å². The predicted molar refractivity (Wildman–Crippen MR) is 88.4 cm³/mol. The average molecular weight is 349 g/mol. The molecule has 0 aliphatic carbocycles. The first-order valence-corrected chi connectivity index (χ1v) is 7.51. The highest BCUT2D eigenvalue weighted by Crippen LogP contribution is 2.25. The molecule has 1 heterocycles. The van der Waals surface area contributed by atoms with Crippen molar-refractivity contribution >= 4 is 34.4 Å². The Morgan fingerprint density at radius 3 is 2.83 bits per heavy atom. The van der Waals surface area contributed by atoms with Crippen molar-refractivity contribution in [2.75, 3.05) is 12.4 Å². The van der Waals surface area contributed by atoms with Crippen LogP contribution in [0.15, 0.2) is 35.0 Å². The third-order valence-electron chi connectivity index (χ3n) is 3.57. The summed E-state index contributed by atoms with van der Waals surface area (Å²) in [5.74, 6) is -0.416. The minimum Gasteiger partial charge on any atom is -0.323 e. The summed E-state index contributed by atoms with van der Waals surface area (Å²) in [5, 5.41) is 10.3. The van der Waals surface area contributed by atoms with Crippen LogP contribution in [0.25, 0.3) is 11.0 Å². The van der Waals surface area contributed by atoms with Crippen molar-refractivity contribution in [3.05, 3.63) is 52.3 Å². The smallest absolute Gasteiger partial charge is 0.321 e. The van der Waals surface area contributed by atoms with Crippen LogP contribution in [0.5, 0.6) is 0 Å². The second kappa shape index (κ2) is 6.45. The minimum absolute atomic E-state index is 0.148. The molecule has 0 radical (unpaired) electrons. The van der Waals surface area contributed by atoms with Gasteiger partial charge in [0.25, 0.3) is 0 Å². The number of hydrogen-bond acceptors (Lipinski definition) is 4. The molecule has 0 bridgehead atoms. The van der Waals surface area contributed by atoms with Crippen LogP contribution in [0.1, 0.15) is 11.1 Å². The van der Waals surface area contributed by atoms with Gasteiger partial charge in [0, 0.05) is 13.6 Å². The van der Waals surface area contributed by atoms with E-state index in [-0.39, 0.29) is 11.1 Å². The summed E-state index contributed by atoms with van der Waals surface area (Å²) < 4.78 is 18.1. The molecule has 0 atom stereocenters. The second-order valence-electron chi connectivity index (χ2n) is 5.45. The number of amides is 2. The Bertz CT molecular complexity index is 912. The molecule has 2 aromatic carbocycles. The zero-order valence-electron chi connectivity index (χ0n) is 13.0. The molecule has 0 fully saturated rings. The second-order valence-corrected chi connectivity index (χ2v) is 5.86. The molecule has 1 N–H and O–H groups in total. The summed E-state index contributed by atoms with van der Waals surface area (Å²) in [6.07, 6.45) is 0. The van der Waals surface area contributed by atoms with Gasteiger partial charge in [-0.3, -0.25) is 0 Å². The molecule has 0 saturated heterocycles. The van der Waals surface area contributed by atoms with E-state index in [0.717, 1.165) is 5.56 Å². The zero-order chi connectivity index (χ0) is 17.3. The molecule has 0 aliphatic rings. The SMILES string of the molecule is Cc1cc(NC(=O)N(C)Cc2ccc3nonc3c2)c(Cl)cc1F. The number of carbonyl (C=O) groups excluding carboxylic acids is 1. The molecule has 24 heavy (non-hydrogen) atoms. The normalized spacial score (nSPS) is 10.8. The van der Waals surface area contributed by atoms with Gasteiger partial charge in [0.05, 0.1) is 10.7 Å². The summed E-state index contributed by atoms with van der Waals surface area (Å²) in [6, 6.07) is 7.72. The number of benzene rings is 2. The summed E-state index contributed by atoms with van der Waals surface area (Å²) in [6.45, 7) is 1.96. The number of urea groups is 1. The first-order chi connectivity index (χ1) is 11.4. The number of fused-ring (bicyclic) bond motifs is 1. The van der Waals surface area contributed by atoms with Crippen LogP contribution < -0.4 is 5.32 Å². The largest absolute Gasteiger partial charge is 0.323 e. The van der Waals surface area contributed by atoms with Crippen LogP contribution in [0, 0.1) is 12.7 Å². The maximum absolute atomic E-state index is 13.4. The number of nitrogens with one attached hydrogen (secondary N) is 1. The van der Waals surface area contributed by atoms with E-state index in [1.54, 1.807) is 26.1 Å². The zero-order valence-corrected chi connectivity index (χ0v) is 13.8. The molecular formula is C16H14ClFN4O2. The number of rotatable bonds is 3. The van der Waals surface area contributed by atoms with E-state index in [0.29, 0.717) is 28.8 Å². The molecule has 3 aromatic rings. The van der Waals surface area contributed by atoms with Crippen LogP contribution in [0.4, 0.5) is 14.9 Å². The molecule has 0 unspecified atom stereocenters. The fraction of sp³-hybridized carbons (Fsp3) is 0.188. The van der Waals surface area contributed by atoms with Crippen molar-refractivity contribution in [2.45, 2.75) is 13.5 Å². The van der Waals surface area contributed by atoms with E-state index in [2.05, 4.69) is 20.3 Å². The fourth-order valence-electron chi connectivity index (χ4n) is 2.24. The lowest BCUT2D eigenvalue weighted by Crippen LogP contribution is -2.31. The maximum Gasteiger partial charge on any atom is 0.321 e. The quantitative estimate of drug-likeness (QED) is 0.777. The van der Waals surface area contributed by atoms with E-state index in [4.69, 9.17) is 11.6 Å². The van der Waals surface area contributed by atoms with Crippen LogP contribution >= 0.6 is 11.6 Å². The van der Waals surface area contributed by atoms with Crippen molar-refractivity contribution in [2.24, 2.45) is 0 Å². The van der Waals surface area contributed by atoms with E-state index < -0.39 is 5.82 Å². The molecular weight excluding hydrogens is 335 g/mol. The number of aryl methyl sites for hydroxylation is 1. The molecule has 2 amide bonds. The number of carbonyl (C=O) groups is 1. The molecule has 0 aliphatic heterocycles. The molecule has 6 nitrogen and oxygen atoms in total. The van der Waals surface area contributed by atoms with E-state index in [1.807, 2.05) is 6.07 Å².